The van der Waals surface area contributed by atoms with Crippen LogP contribution in [0.15, 0.2) is 36.7 Å². The van der Waals surface area contributed by atoms with Gasteiger partial charge in [-0.25, -0.2) is 9.55 Å². The molecule has 0 radical (unpaired) electrons. The lowest BCUT2D eigenvalue weighted by Crippen LogP contribution is -2.38. The van der Waals surface area contributed by atoms with Crippen LogP contribution in [-0.2, 0) is 22.9 Å². The molecule has 4 N–H and O–H groups in total. The first kappa shape index (κ1) is 21.7. The van der Waals surface area contributed by atoms with Crippen molar-refractivity contribution in [1.29, 1.82) is 0 Å². The minimum absolute atomic E-state index is 0.510. The molecule has 0 aliphatic carbocycles. The van der Waals surface area contributed by atoms with Gasteiger partial charge < -0.3 is 29.7 Å². The average molecular weight is 421 g/mol. The van der Waals surface area contributed by atoms with E-state index in [0.717, 1.165) is 12.5 Å². The quantitative estimate of drug-likeness (QED) is 0.350. The van der Waals surface area contributed by atoms with Gasteiger partial charge in [0.1, 0.15) is 18.3 Å². The Balaban J connectivity index is 2.24. The second kappa shape index (κ2) is 8.63. The number of carbonyl (C=O) groups is 1. The second-order valence-electron chi connectivity index (χ2n) is 5.32. The predicted octanol–water partition coefficient (Wildman–Crippen LogP) is -0.455. The number of hydrogen-bond acceptors (Lipinski definition) is 10. The largest absolute Gasteiger partial charge is 0.586 e. The summed E-state index contributed by atoms with van der Waals surface area (Å²) in [5, 5.41) is 20.3. The first-order chi connectivity index (χ1) is 13.1. The molecule has 0 unspecified atom stereocenters. The maximum atomic E-state index is 13.6. The summed E-state index contributed by atoms with van der Waals surface area (Å²) in [4.78, 5) is 26.5. The Morgan fingerprint density at radius 1 is 1.39 bits per heavy atom. The van der Waals surface area contributed by atoms with Gasteiger partial charge in [0.15, 0.2) is 11.9 Å². The molecule has 28 heavy (non-hydrogen) atoms. The van der Waals surface area contributed by atoms with Crippen LogP contribution in [-0.4, -0.2) is 50.6 Å². The van der Waals surface area contributed by atoms with Gasteiger partial charge in [-0.2, -0.15) is 4.39 Å². The maximum absolute atomic E-state index is 13.6. The van der Waals surface area contributed by atoms with Crippen LogP contribution in [0.4, 0.5) is 4.39 Å². The van der Waals surface area contributed by atoms with Gasteiger partial charge in [0, 0.05) is 0 Å². The number of aliphatic hydroxyl groups excluding tert-OH is 2. The van der Waals surface area contributed by atoms with Crippen molar-refractivity contribution in [1.82, 2.24) is 9.55 Å². The summed E-state index contributed by atoms with van der Waals surface area (Å²) in [6.45, 7) is 5.77. The monoisotopic (exact) mass is 421 g/mol. The first-order valence-corrected chi connectivity index (χ1v) is 9.03. The fourth-order valence-electron chi connectivity index (χ4n) is 2.36. The van der Waals surface area contributed by atoms with E-state index >= 15 is 0 Å². The molecular formula is C14H17FN3O9P. The van der Waals surface area contributed by atoms with E-state index in [2.05, 4.69) is 27.2 Å². The molecule has 14 heteroatoms. The van der Waals surface area contributed by atoms with Crippen LogP contribution >= 0.6 is 7.82 Å². The lowest BCUT2D eigenvalue weighted by Gasteiger charge is -2.19. The highest BCUT2D eigenvalue weighted by Crippen LogP contribution is 2.50. The topological polar surface area (TPSA) is 172 Å². The number of ether oxygens (including phenoxy) is 1. The molecule has 1 aliphatic rings. The van der Waals surface area contributed by atoms with Crippen molar-refractivity contribution in [2.45, 2.75) is 24.5 Å². The molecule has 1 aliphatic heterocycles. The second-order valence-corrected chi connectivity index (χ2v) is 6.90. The fraction of sp³-hybridized carbons (Fsp3) is 0.357. The molecule has 0 spiro atoms. The van der Waals surface area contributed by atoms with Gasteiger partial charge >= 0.3 is 7.82 Å². The summed E-state index contributed by atoms with van der Waals surface area (Å²) >= 11 is 0. The number of carbonyl (C=O) groups excluding carboxylic acids is 1. The Morgan fingerprint density at radius 3 is 2.54 bits per heavy atom. The van der Waals surface area contributed by atoms with E-state index in [1.807, 2.05) is 0 Å². The van der Waals surface area contributed by atoms with Gasteiger partial charge in [0.2, 0.25) is 5.95 Å². The van der Waals surface area contributed by atoms with Crippen LogP contribution in [0.5, 0.6) is 0 Å². The zero-order valence-electron chi connectivity index (χ0n) is 14.2. The molecule has 1 saturated heterocycles. The van der Waals surface area contributed by atoms with Gasteiger partial charge in [0.25, 0.3) is 11.5 Å². The van der Waals surface area contributed by atoms with E-state index in [-0.39, 0.29) is 0 Å². The molecule has 0 aromatic carbocycles. The van der Waals surface area contributed by atoms with Gasteiger partial charge in [-0.05, 0) is 0 Å². The smallest absolute Gasteiger partial charge is 0.404 e. The van der Waals surface area contributed by atoms with Crippen molar-refractivity contribution in [3.63, 3.8) is 0 Å². The van der Waals surface area contributed by atoms with Crippen molar-refractivity contribution in [2.24, 2.45) is 5.73 Å². The summed E-state index contributed by atoms with van der Waals surface area (Å²) in [6.07, 6.45) is -4.20. The SMILES string of the molecule is C=COP(=O)(OC=C)OC[C@H]1O[C@@H](n2cc(F)nc(C(N)=O)c2=O)[C@H](O)[C@@H]1O. The Labute approximate surface area is 157 Å². The average Bonchev–Trinajstić information content (AvgIpc) is 2.90. The minimum atomic E-state index is -4.16. The number of phosphoric ester groups is 1. The molecule has 154 valence electrons. The molecule has 0 bridgehead atoms. The lowest BCUT2D eigenvalue weighted by atomic mass is 10.1. The number of amides is 1. The zero-order valence-corrected chi connectivity index (χ0v) is 15.1. The third kappa shape index (κ3) is 4.46. The Morgan fingerprint density at radius 2 is 2.00 bits per heavy atom. The van der Waals surface area contributed by atoms with Crippen LogP contribution in [0.25, 0.3) is 0 Å². The number of hydrogen-bond donors (Lipinski definition) is 3. The number of nitrogens with two attached hydrogens (primary N) is 1. The van der Waals surface area contributed by atoms with Crippen LogP contribution in [0.1, 0.15) is 16.7 Å². The highest BCUT2D eigenvalue weighted by molar-refractivity contribution is 7.48. The number of primary amides is 1. The van der Waals surface area contributed by atoms with Crippen molar-refractivity contribution in [3.05, 3.63) is 53.9 Å². The molecule has 2 heterocycles. The van der Waals surface area contributed by atoms with Crippen LogP contribution < -0.4 is 11.3 Å². The number of nitrogens with zero attached hydrogens (tertiary/aromatic N) is 2. The molecule has 1 aromatic rings. The Kier molecular flexibility index (Phi) is 6.69. The van der Waals surface area contributed by atoms with Gasteiger partial charge in [-0.15, -0.1) is 0 Å². The number of aromatic nitrogens is 2. The standard InChI is InChI=1S/C14H17FN3O9P/c1-3-24-28(23,25-4-2)26-6-7-10(19)11(20)14(27-7)18-5-8(15)17-9(12(16)21)13(18)22/h3-5,7,10-11,14,19-20H,1-2,6H2,(H2,16,21)/t7-,10-,11-,14-/m1/s1. The summed E-state index contributed by atoms with van der Waals surface area (Å²) in [5.41, 5.74) is 2.89. The fourth-order valence-corrected chi connectivity index (χ4v) is 3.22. The highest BCUT2D eigenvalue weighted by Gasteiger charge is 2.46. The molecule has 4 atom stereocenters. The number of rotatable bonds is 9. The predicted molar refractivity (Wildman–Crippen MR) is 89.0 cm³/mol. The Hall–Kier alpha value is -2.57. The van der Waals surface area contributed by atoms with E-state index in [0.29, 0.717) is 10.8 Å². The van der Waals surface area contributed by atoms with E-state index in [9.17, 15) is 28.8 Å². The van der Waals surface area contributed by atoms with E-state index in [4.69, 9.17) is 15.0 Å². The molecule has 1 amide bonds. The van der Waals surface area contributed by atoms with Crippen LogP contribution in [0.3, 0.4) is 0 Å². The molecule has 1 aromatic heterocycles. The van der Waals surface area contributed by atoms with Crippen molar-refractivity contribution in [3.8, 4) is 0 Å². The third-order valence-corrected chi connectivity index (χ3v) is 4.83. The number of halogens is 1. The highest BCUT2D eigenvalue weighted by atomic mass is 31.2. The lowest BCUT2D eigenvalue weighted by molar-refractivity contribution is -0.0545. The van der Waals surface area contributed by atoms with E-state index < -0.39 is 62.1 Å². The van der Waals surface area contributed by atoms with Gasteiger partial charge in [0.05, 0.1) is 25.3 Å². The molecule has 1 fully saturated rings. The van der Waals surface area contributed by atoms with Crippen LogP contribution in [0.2, 0.25) is 0 Å². The van der Waals surface area contributed by atoms with E-state index in [1.165, 1.54) is 0 Å². The van der Waals surface area contributed by atoms with Crippen LogP contribution in [0, 0.1) is 5.95 Å². The normalized spacial score (nSPS) is 24.5. The number of aliphatic hydroxyl groups is 2. The van der Waals surface area contributed by atoms with E-state index in [1.54, 1.807) is 0 Å². The summed E-state index contributed by atoms with van der Waals surface area (Å²) in [5.74, 6) is -2.54. The van der Waals surface area contributed by atoms with Gasteiger partial charge in [-0.1, -0.05) is 13.2 Å². The summed E-state index contributed by atoms with van der Waals surface area (Å²) in [7, 11) is -4.16. The molecule has 0 saturated carbocycles. The Bertz CT molecular complexity index is 862. The van der Waals surface area contributed by atoms with Crippen molar-refractivity contribution in [2.75, 3.05) is 6.61 Å². The first-order valence-electron chi connectivity index (χ1n) is 7.56. The molecule has 2 rings (SSSR count). The summed E-state index contributed by atoms with van der Waals surface area (Å²) < 4.78 is 45.8. The summed E-state index contributed by atoms with van der Waals surface area (Å²) in [6, 6.07) is 0. The zero-order chi connectivity index (χ0) is 21.1. The van der Waals surface area contributed by atoms with Crippen molar-refractivity contribution < 1.29 is 42.3 Å². The maximum Gasteiger partial charge on any atom is 0.586 e. The van der Waals surface area contributed by atoms with Gasteiger partial charge in [-0.3, -0.25) is 18.7 Å². The third-order valence-electron chi connectivity index (χ3n) is 3.55. The molecular weight excluding hydrogens is 404 g/mol. The van der Waals surface area contributed by atoms with Crippen molar-refractivity contribution >= 4 is 13.7 Å². The number of phosphoric acid groups is 1. The molecule has 12 nitrogen and oxygen atoms in total. The minimum Gasteiger partial charge on any atom is -0.404 e.